The summed E-state index contributed by atoms with van der Waals surface area (Å²) in [4.78, 5) is 2.05. The summed E-state index contributed by atoms with van der Waals surface area (Å²) in [5.74, 6) is 0.144. The average molecular weight is 259 g/mol. The van der Waals surface area contributed by atoms with Gasteiger partial charge in [-0.1, -0.05) is 13.8 Å². The Morgan fingerprint density at radius 3 is 2.63 bits per heavy atom. The van der Waals surface area contributed by atoms with Crippen LogP contribution < -0.4 is 0 Å². The molecular weight excluding hydrogens is 241 g/mol. The maximum atomic E-state index is 13.7. The van der Waals surface area contributed by atoms with Gasteiger partial charge in [0.2, 0.25) is 0 Å². The summed E-state index contributed by atoms with van der Waals surface area (Å²) in [6.07, 6.45) is 0.423. The summed E-state index contributed by atoms with van der Waals surface area (Å²) in [7, 11) is 0. The molecule has 1 aromatic rings. The van der Waals surface area contributed by atoms with E-state index in [1.54, 1.807) is 6.07 Å². The number of hydrogen-bond acceptors (Lipinski definition) is 3. The minimum atomic E-state index is -0.301. The van der Waals surface area contributed by atoms with Crippen molar-refractivity contribution in [3.05, 3.63) is 35.1 Å². The van der Waals surface area contributed by atoms with Crippen molar-refractivity contribution in [2.45, 2.75) is 26.8 Å². The van der Waals surface area contributed by atoms with Crippen molar-refractivity contribution < 1.29 is 4.39 Å². The smallest absolute Gasteiger partial charge is 0.127 e. The van der Waals surface area contributed by atoms with Crippen molar-refractivity contribution in [2.75, 3.05) is 13.1 Å². The zero-order valence-electron chi connectivity index (χ0n) is 11.4. The average Bonchev–Trinajstić information content (AvgIpc) is 2.37. The number of benzene rings is 1. The first-order valence-electron chi connectivity index (χ1n) is 6.34. The Bertz CT molecular complexity index is 497. The molecule has 3 nitrogen and oxygen atoms in total. The highest BCUT2D eigenvalue weighted by molar-refractivity contribution is 5.33. The molecule has 19 heavy (non-hydrogen) atoms. The summed E-state index contributed by atoms with van der Waals surface area (Å²) < 4.78 is 13.7. The van der Waals surface area contributed by atoms with Crippen molar-refractivity contribution >= 4 is 0 Å². The second kappa shape index (κ2) is 7.51. The van der Waals surface area contributed by atoms with Gasteiger partial charge < -0.3 is 0 Å². The summed E-state index contributed by atoms with van der Waals surface area (Å²) in [6.45, 7) is 6.02. The molecule has 0 aliphatic rings. The number of nitriles is 2. The van der Waals surface area contributed by atoms with Crippen LogP contribution in [0.2, 0.25) is 0 Å². The first-order valence-corrected chi connectivity index (χ1v) is 6.34. The molecule has 0 N–H and O–H groups in total. The van der Waals surface area contributed by atoms with E-state index in [0.29, 0.717) is 36.6 Å². The lowest BCUT2D eigenvalue weighted by molar-refractivity contribution is 0.238. The third-order valence-electron chi connectivity index (χ3n) is 2.73. The third-order valence-corrected chi connectivity index (χ3v) is 2.73. The SMILES string of the molecule is CC(C)CN(CCC#N)Cc1cc(C#N)ccc1F. The Morgan fingerprint density at radius 1 is 1.32 bits per heavy atom. The lowest BCUT2D eigenvalue weighted by atomic mass is 10.1. The van der Waals surface area contributed by atoms with E-state index in [-0.39, 0.29) is 5.82 Å². The van der Waals surface area contributed by atoms with E-state index in [1.165, 1.54) is 12.1 Å². The quantitative estimate of drug-likeness (QED) is 0.789. The van der Waals surface area contributed by atoms with Crippen LogP contribution in [0.25, 0.3) is 0 Å². The zero-order valence-corrected chi connectivity index (χ0v) is 11.4. The van der Waals surface area contributed by atoms with Crippen LogP contribution in [0.4, 0.5) is 4.39 Å². The van der Waals surface area contributed by atoms with Gasteiger partial charge >= 0.3 is 0 Å². The Balaban J connectivity index is 2.83. The molecule has 0 fully saturated rings. The molecule has 0 saturated heterocycles. The van der Waals surface area contributed by atoms with Gasteiger partial charge in [0.1, 0.15) is 5.82 Å². The topological polar surface area (TPSA) is 50.8 Å². The van der Waals surface area contributed by atoms with Crippen LogP contribution in [0, 0.1) is 34.4 Å². The highest BCUT2D eigenvalue weighted by Crippen LogP contribution is 2.14. The van der Waals surface area contributed by atoms with Crippen LogP contribution in [0.3, 0.4) is 0 Å². The Labute approximate surface area is 113 Å². The predicted molar refractivity (Wildman–Crippen MR) is 71.5 cm³/mol. The molecule has 0 saturated carbocycles. The minimum Gasteiger partial charge on any atom is -0.298 e. The summed E-state index contributed by atoms with van der Waals surface area (Å²) in [6, 6.07) is 8.50. The molecule has 0 heterocycles. The van der Waals surface area contributed by atoms with E-state index in [4.69, 9.17) is 10.5 Å². The molecule has 0 aromatic heterocycles. The molecule has 4 heteroatoms. The van der Waals surface area contributed by atoms with E-state index < -0.39 is 0 Å². The van der Waals surface area contributed by atoms with Gasteiger partial charge in [0.15, 0.2) is 0 Å². The van der Waals surface area contributed by atoms with Gasteiger partial charge in [-0.05, 0) is 24.1 Å². The molecule has 100 valence electrons. The van der Waals surface area contributed by atoms with Crippen LogP contribution in [0.5, 0.6) is 0 Å². The molecule has 0 radical (unpaired) electrons. The summed E-state index contributed by atoms with van der Waals surface area (Å²) in [5.41, 5.74) is 0.971. The van der Waals surface area contributed by atoms with Crippen molar-refractivity contribution in [2.24, 2.45) is 5.92 Å². The first kappa shape index (κ1) is 15.1. The monoisotopic (exact) mass is 259 g/mol. The van der Waals surface area contributed by atoms with E-state index in [2.05, 4.69) is 19.9 Å². The fourth-order valence-electron chi connectivity index (χ4n) is 1.97. The van der Waals surface area contributed by atoms with Gasteiger partial charge in [-0.25, -0.2) is 4.39 Å². The number of nitrogens with zero attached hydrogens (tertiary/aromatic N) is 3. The standard InChI is InChI=1S/C15H18FN3/c1-12(2)10-19(7-3-6-17)11-14-8-13(9-18)4-5-15(14)16/h4-5,8,12H,3,7,10-11H2,1-2H3. The van der Waals surface area contributed by atoms with E-state index in [1.807, 2.05) is 11.0 Å². The fraction of sp³-hybridized carbons (Fsp3) is 0.467. The molecule has 0 atom stereocenters. The van der Waals surface area contributed by atoms with Crippen LogP contribution in [-0.2, 0) is 6.54 Å². The van der Waals surface area contributed by atoms with Crippen molar-refractivity contribution in [1.82, 2.24) is 4.90 Å². The maximum Gasteiger partial charge on any atom is 0.127 e. The third kappa shape index (κ3) is 5.07. The van der Waals surface area contributed by atoms with Crippen LogP contribution in [-0.4, -0.2) is 18.0 Å². The zero-order chi connectivity index (χ0) is 14.3. The molecule has 0 aliphatic heterocycles. The molecule has 1 aromatic carbocycles. The van der Waals surface area contributed by atoms with Gasteiger partial charge in [-0.15, -0.1) is 0 Å². The number of hydrogen-bond donors (Lipinski definition) is 0. The normalized spacial score (nSPS) is 10.5. The summed E-state index contributed by atoms with van der Waals surface area (Å²) >= 11 is 0. The lowest BCUT2D eigenvalue weighted by Crippen LogP contribution is -2.28. The molecular formula is C15H18FN3. The largest absolute Gasteiger partial charge is 0.298 e. The van der Waals surface area contributed by atoms with Crippen LogP contribution in [0.1, 0.15) is 31.4 Å². The van der Waals surface area contributed by atoms with Gasteiger partial charge in [0.25, 0.3) is 0 Å². The first-order chi connectivity index (χ1) is 9.06. The fourth-order valence-corrected chi connectivity index (χ4v) is 1.97. The van der Waals surface area contributed by atoms with Crippen molar-refractivity contribution in [3.8, 4) is 12.1 Å². The van der Waals surface area contributed by atoms with Gasteiger partial charge in [-0.3, -0.25) is 4.90 Å². The predicted octanol–water partition coefficient (Wildman–Crippen LogP) is 3.07. The highest BCUT2D eigenvalue weighted by atomic mass is 19.1. The number of halogens is 1. The molecule has 1 rings (SSSR count). The van der Waals surface area contributed by atoms with Gasteiger partial charge in [0.05, 0.1) is 17.7 Å². The van der Waals surface area contributed by atoms with Crippen molar-refractivity contribution in [1.29, 1.82) is 10.5 Å². The van der Waals surface area contributed by atoms with Gasteiger partial charge in [-0.2, -0.15) is 10.5 Å². The van der Waals surface area contributed by atoms with Gasteiger partial charge in [0, 0.05) is 31.6 Å². The summed E-state index contributed by atoms with van der Waals surface area (Å²) in [5, 5.41) is 17.5. The van der Waals surface area contributed by atoms with Crippen LogP contribution in [0.15, 0.2) is 18.2 Å². The Hall–Kier alpha value is -1.91. The number of rotatable bonds is 6. The highest BCUT2D eigenvalue weighted by Gasteiger charge is 2.11. The lowest BCUT2D eigenvalue weighted by Gasteiger charge is -2.23. The van der Waals surface area contributed by atoms with E-state index >= 15 is 0 Å². The van der Waals surface area contributed by atoms with Crippen LogP contribution >= 0.6 is 0 Å². The molecule has 0 bridgehead atoms. The molecule has 0 aliphatic carbocycles. The second-order valence-corrected chi connectivity index (χ2v) is 4.96. The second-order valence-electron chi connectivity index (χ2n) is 4.96. The van der Waals surface area contributed by atoms with E-state index in [9.17, 15) is 4.39 Å². The Kier molecular flexibility index (Phi) is 5.99. The van der Waals surface area contributed by atoms with Crippen molar-refractivity contribution in [3.63, 3.8) is 0 Å². The molecule has 0 spiro atoms. The minimum absolute atomic E-state index is 0.301. The van der Waals surface area contributed by atoms with E-state index in [0.717, 1.165) is 6.54 Å². The molecule has 0 unspecified atom stereocenters. The Morgan fingerprint density at radius 2 is 2.05 bits per heavy atom. The maximum absolute atomic E-state index is 13.7. The molecule has 0 amide bonds.